The van der Waals surface area contributed by atoms with E-state index in [2.05, 4.69) is 0 Å². The first-order valence-electron chi connectivity index (χ1n) is 2.77. The van der Waals surface area contributed by atoms with E-state index in [0.717, 1.165) is 0 Å². The van der Waals surface area contributed by atoms with Crippen molar-refractivity contribution in [1.29, 1.82) is 0 Å². The molecule has 1 fully saturated rings. The van der Waals surface area contributed by atoms with Crippen LogP contribution in [-0.2, 0) is 4.79 Å². The predicted octanol–water partition coefficient (Wildman–Crippen LogP) is -1.08. The lowest BCUT2D eigenvalue weighted by atomic mass is 10.1. The third-order valence-electron chi connectivity index (χ3n) is 1.61. The summed E-state index contributed by atoms with van der Waals surface area (Å²) in [7, 11) is 0. The minimum Gasteiger partial charge on any atom is -0.480 e. The zero-order chi connectivity index (χ0) is 7.07. The van der Waals surface area contributed by atoms with Crippen LogP contribution in [-0.4, -0.2) is 27.8 Å². The van der Waals surface area contributed by atoms with Gasteiger partial charge in [-0.15, -0.1) is 0 Å². The summed E-state index contributed by atoms with van der Waals surface area (Å²) >= 11 is 0. The molecule has 1 unspecified atom stereocenters. The van der Waals surface area contributed by atoms with Crippen molar-refractivity contribution in [1.82, 2.24) is 0 Å². The molecule has 9 heavy (non-hydrogen) atoms. The third-order valence-corrected chi connectivity index (χ3v) is 1.61. The summed E-state index contributed by atoms with van der Waals surface area (Å²) in [5.74, 6) is -1.13. The predicted molar refractivity (Wildman–Crippen MR) is 29.8 cm³/mol. The van der Waals surface area contributed by atoms with Crippen molar-refractivity contribution in [2.45, 2.75) is 24.5 Å². The van der Waals surface area contributed by atoms with E-state index in [1.807, 2.05) is 0 Å². The van der Waals surface area contributed by atoms with E-state index in [0.29, 0.717) is 12.8 Å². The third kappa shape index (κ3) is 1.04. The van der Waals surface area contributed by atoms with Gasteiger partial charge in [0.05, 0.1) is 5.60 Å². The average Bonchev–Trinajstić information content (AvgIpc) is 2.47. The molecule has 4 heteroatoms. The molecular weight excluding hydrogens is 122 g/mol. The van der Waals surface area contributed by atoms with E-state index in [1.165, 1.54) is 0 Å². The number of hydrogen-bond donors (Lipinski definition) is 3. The Labute approximate surface area is 52.3 Å². The highest BCUT2D eigenvalue weighted by molar-refractivity contribution is 5.75. The van der Waals surface area contributed by atoms with Crippen molar-refractivity contribution in [3.8, 4) is 0 Å². The molecule has 52 valence electrons. The largest absolute Gasteiger partial charge is 0.480 e. The second-order valence-electron chi connectivity index (χ2n) is 2.42. The maximum atomic E-state index is 10.1. The number of carbonyl (C=O) groups is 1. The molecule has 1 aliphatic rings. The quantitative estimate of drug-likeness (QED) is 0.445. The highest BCUT2D eigenvalue weighted by atomic mass is 16.4. The maximum Gasteiger partial charge on any atom is 0.323 e. The number of nitrogens with two attached hydrogens (primary N) is 1. The van der Waals surface area contributed by atoms with E-state index >= 15 is 0 Å². The van der Waals surface area contributed by atoms with Crippen molar-refractivity contribution in [3.63, 3.8) is 0 Å². The molecule has 1 atom stereocenters. The Morgan fingerprint density at radius 2 is 2.11 bits per heavy atom. The standard InChI is InChI=1S/C5H9NO3/c6-3(4(7)8)5(9)1-2-5/h3,9H,1-2,6H2,(H,7,8). The van der Waals surface area contributed by atoms with Gasteiger partial charge < -0.3 is 15.9 Å². The van der Waals surface area contributed by atoms with Crippen LogP contribution in [0.15, 0.2) is 0 Å². The molecule has 0 radical (unpaired) electrons. The van der Waals surface area contributed by atoms with Crippen LogP contribution in [0.2, 0.25) is 0 Å². The Kier molecular flexibility index (Phi) is 1.22. The van der Waals surface area contributed by atoms with Gasteiger partial charge in [0.1, 0.15) is 6.04 Å². The van der Waals surface area contributed by atoms with E-state index in [9.17, 15) is 4.79 Å². The van der Waals surface area contributed by atoms with Crippen molar-refractivity contribution in [3.05, 3.63) is 0 Å². The molecule has 0 amide bonds. The lowest BCUT2D eigenvalue weighted by Crippen LogP contribution is -2.43. The van der Waals surface area contributed by atoms with Gasteiger partial charge in [0.15, 0.2) is 0 Å². The summed E-state index contributed by atoms with van der Waals surface area (Å²) in [5.41, 5.74) is 4.02. The minimum absolute atomic E-state index is 0.514. The summed E-state index contributed by atoms with van der Waals surface area (Å²) in [4.78, 5) is 10.1. The highest BCUT2D eigenvalue weighted by Gasteiger charge is 2.49. The zero-order valence-electron chi connectivity index (χ0n) is 4.87. The van der Waals surface area contributed by atoms with E-state index in [4.69, 9.17) is 15.9 Å². The van der Waals surface area contributed by atoms with Gasteiger partial charge in [0, 0.05) is 0 Å². The minimum atomic E-state index is -1.13. The Bertz CT molecular complexity index is 141. The van der Waals surface area contributed by atoms with Crippen molar-refractivity contribution >= 4 is 5.97 Å². The van der Waals surface area contributed by atoms with Gasteiger partial charge in [-0.05, 0) is 12.8 Å². The fourth-order valence-corrected chi connectivity index (χ4v) is 0.669. The van der Waals surface area contributed by atoms with Crippen LogP contribution < -0.4 is 5.73 Å². The van der Waals surface area contributed by atoms with Gasteiger partial charge in [-0.1, -0.05) is 0 Å². The zero-order valence-corrected chi connectivity index (χ0v) is 4.87. The van der Waals surface area contributed by atoms with Gasteiger partial charge in [-0.2, -0.15) is 0 Å². The van der Waals surface area contributed by atoms with Crippen LogP contribution in [0, 0.1) is 0 Å². The molecule has 4 N–H and O–H groups in total. The molecule has 0 aliphatic heterocycles. The summed E-state index contributed by atoms with van der Waals surface area (Å²) in [6.45, 7) is 0. The molecule has 0 aromatic carbocycles. The van der Waals surface area contributed by atoms with Crippen LogP contribution in [0.1, 0.15) is 12.8 Å². The Morgan fingerprint density at radius 3 is 2.22 bits per heavy atom. The van der Waals surface area contributed by atoms with E-state index in [1.54, 1.807) is 0 Å². The van der Waals surface area contributed by atoms with E-state index < -0.39 is 17.6 Å². The lowest BCUT2D eigenvalue weighted by molar-refractivity contribution is -0.141. The monoisotopic (exact) mass is 131 g/mol. The maximum absolute atomic E-state index is 10.1. The summed E-state index contributed by atoms with van der Waals surface area (Å²) in [6.07, 6.45) is 1.03. The van der Waals surface area contributed by atoms with Crippen LogP contribution in [0.4, 0.5) is 0 Å². The van der Waals surface area contributed by atoms with Gasteiger partial charge in [0.25, 0.3) is 0 Å². The number of rotatable bonds is 2. The lowest BCUT2D eigenvalue weighted by Gasteiger charge is -2.11. The topological polar surface area (TPSA) is 83.6 Å². The van der Waals surface area contributed by atoms with Gasteiger partial charge in [-0.25, -0.2) is 0 Å². The Hall–Kier alpha value is -0.610. The van der Waals surface area contributed by atoms with Gasteiger partial charge in [-0.3, -0.25) is 4.79 Å². The van der Waals surface area contributed by atoms with Crippen molar-refractivity contribution in [2.24, 2.45) is 5.73 Å². The average molecular weight is 131 g/mol. The first-order valence-corrected chi connectivity index (χ1v) is 2.77. The van der Waals surface area contributed by atoms with Crippen molar-refractivity contribution in [2.75, 3.05) is 0 Å². The second kappa shape index (κ2) is 1.68. The number of hydrogen-bond acceptors (Lipinski definition) is 3. The summed E-state index contributed by atoms with van der Waals surface area (Å²) in [6, 6.07) is -1.10. The molecule has 0 aromatic rings. The molecule has 1 rings (SSSR count). The fourth-order valence-electron chi connectivity index (χ4n) is 0.669. The molecule has 0 aromatic heterocycles. The van der Waals surface area contributed by atoms with Crippen LogP contribution in [0.25, 0.3) is 0 Å². The number of aliphatic carboxylic acids is 1. The number of carboxylic acid groups (broad SMARTS) is 1. The molecule has 0 spiro atoms. The summed E-state index contributed by atoms with van der Waals surface area (Å²) < 4.78 is 0. The molecule has 0 bridgehead atoms. The molecule has 1 aliphatic carbocycles. The Balaban J connectivity index is 2.52. The van der Waals surface area contributed by atoms with Crippen LogP contribution in [0.5, 0.6) is 0 Å². The molecule has 1 saturated carbocycles. The number of carboxylic acids is 1. The van der Waals surface area contributed by atoms with Gasteiger partial charge >= 0.3 is 5.97 Å². The smallest absolute Gasteiger partial charge is 0.323 e. The van der Waals surface area contributed by atoms with Crippen LogP contribution >= 0.6 is 0 Å². The SMILES string of the molecule is NC(C(=O)O)C1(O)CC1. The van der Waals surface area contributed by atoms with E-state index in [-0.39, 0.29) is 0 Å². The summed E-state index contributed by atoms with van der Waals surface area (Å²) in [5, 5.41) is 17.3. The second-order valence-corrected chi connectivity index (χ2v) is 2.42. The molecule has 4 nitrogen and oxygen atoms in total. The highest BCUT2D eigenvalue weighted by Crippen LogP contribution is 2.37. The fraction of sp³-hybridized carbons (Fsp3) is 0.800. The number of aliphatic hydroxyl groups is 1. The normalized spacial score (nSPS) is 25.1. The Morgan fingerprint density at radius 1 is 1.67 bits per heavy atom. The van der Waals surface area contributed by atoms with Crippen LogP contribution in [0.3, 0.4) is 0 Å². The van der Waals surface area contributed by atoms with Crippen molar-refractivity contribution < 1.29 is 15.0 Å². The first kappa shape index (κ1) is 6.51. The molecular formula is C5H9NO3. The van der Waals surface area contributed by atoms with Gasteiger partial charge in [0.2, 0.25) is 0 Å². The molecule has 0 saturated heterocycles. The molecule has 0 heterocycles. The first-order chi connectivity index (χ1) is 4.06.